The van der Waals surface area contributed by atoms with Crippen LogP contribution in [0.25, 0.3) is 10.6 Å². The summed E-state index contributed by atoms with van der Waals surface area (Å²) >= 11 is 1.65. The third kappa shape index (κ3) is 3.68. The number of aromatic nitrogens is 1. The number of nitrogens with zero attached hydrogens (tertiary/aromatic N) is 1. The summed E-state index contributed by atoms with van der Waals surface area (Å²) in [7, 11) is 0. The highest BCUT2D eigenvalue weighted by Crippen LogP contribution is 2.23. The van der Waals surface area contributed by atoms with Gasteiger partial charge in [0.15, 0.2) is 0 Å². The molecule has 1 fully saturated rings. The zero-order valence-electron chi connectivity index (χ0n) is 11.8. The van der Waals surface area contributed by atoms with Crippen LogP contribution in [0.15, 0.2) is 35.7 Å². The normalized spacial score (nSPS) is 17.8. The molecule has 3 rings (SSSR count). The maximum Gasteiger partial charge on any atom is 0.237 e. The lowest BCUT2D eigenvalue weighted by Crippen LogP contribution is -2.41. The molecule has 1 aliphatic rings. The van der Waals surface area contributed by atoms with E-state index in [1.807, 2.05) is 18.2 Å². The minimum Gasteiger partial charge on any atom is -0.354 e. The van der Waals surface area contributed by atoms with Crippen LogP contribution in [-0.4, -0.2) is 30.0 Å². The van der Waals surface area contributed by atoms with Crippen molar-refractivity contribution in [3.05, 3.63) is 41.4 Å². The number of carbonyl (C=O) groups is 1. The first-order valence-corrected chi connectivity index (χ1v) is 8.22. The van der Waals surface area contributed by atoms with Crippen LogP contribution >= 0.6 is 11.3 Å². The molecule has 2 N–H and O–H groups in total. The smallest absolute Gasteiger partial charge is 0.237 e. The van der Waals surface area contributed by atoms with Gasteiger partial charge in [0.1, 0.15) is 5.01 Å². The second kappa shape index (κ2) is 6.83. The molecule has 5 heteroatoms. The van der Waals surface area contributed by atoms with E-state index >= 15 is 0 Å². The topological polar surface area (TPSA) is 54.0 Å². The molecule has 0 radical (unpaired) electrons. The first-order chi connectivity index (χ1) is 10.3. The molecule has 110 valence electrons. The van der Waals surface area contributed by atoms with Crippen LogP contribution in [-0.2, 0) is 11.2 Å². The molecule has 1 aromatic carbocycles. The Kier molecular flexibility index (Phi) is 4.62. The molecule has 0 saturated carbocycles. The van der Waals surface area contributed by atoms with E-state index in [-0.39, 0.29) is 11.9 Å². The summed E-state index contributed by atoms with van der Waals surface area (Å²) in [5.74, 6) is 0.117. The van der Waals surface area contributed by atoms with Crippen molar-refractivity contribution in [1.29, 1.82) is 0 Å². The van der Waals surface area contributed by atoms with Crippen LogP contribution in [0.1, 0.15) is 18.5 Å². The van der Waals surface area contributed by atoms with Crippen molar-refractivity contribution >= 4 is 17.2 Å². The van der Waals surface area contributed by atoms with Crippen molar-refractivity contribution in [1.82, 2.24) is 15.6 Å². The maximum absolute atomic E-state index is 11.9. The van der Waals surface area contributed by atoms with Crippen LogP contribution in [0, 0.1) is 0 Å². The molecule has 1 amide bonds. The summed E-state index contributed by atoms with van der Waals surface area (Å²) in [5, 5.41) is 9.30. The van der Waals surface area contributed by atoms with Crippen molar-refractivity contribution in [3.63, 3.8) is 0 Å². The fourth-order valence-corrected chi connectivity index (χ4v) is 3.34. The van der Waals surface area contributed by atoms with Crippen molar-refractivity contribution in [2.75, 3.05) is 13.1 Å². The summed E-state index contributed by atoms with van der Waals surface area (Å²) < 4.78 is 0. The number of rotatable bonds is 5. The molecular weight excluding hydrogens is 282 g/mol. The Morgan fingerprint density at radius 1 is 1.38 bits per heavy atom. The molecule has 1 unspecified atom stereocenters. The predicted octanol–water partition coefficient (Wildman–Crippen LogP) is 2.22. The van der Waals surface area contributed by atoms with Gasteiger partial charge in [-0.2, -0.15) is 0 Å². The highest BCUT2D eigenvalue weighted by molar-refractivity contribution is 7.13. The van der Waals surface area contributed by atoms with E-state index in [9.17, 15) is 4.79 Å². The number of hydrogen-bond donors (Lipinski definition) is 2. The lowest BCUT2D eigenvalue weighted by atomic mass is 10.2. The van der Waals surface area contributed by atoms with E-state index in [0.717, 1.165) is 42.1 Å². The van der Waals surface area contributed by atoms with E-state index in [0.29, 0.717) is 6.54 Å². The average Bonchev–Trinajstić information content (AvgIpc) is 3.20. The average molecular weight is 301 g/mol. The van der Waals surface area contributed by atoms with E-state index in [1.165, 1.54) is 0 Å². The van der Waals surface area contributed by atoms with Crippen LogP contribution in [0.5, 0.6) is 0 Å². The van der Waals surface area contributed by atoms with Gasteiger partial charge in [-0.1, -0.05) is 30.3 Å². The van der Waals surface area contributed by atoms with Crippen molar-refractivity contribution < 1.29 is 4.79 Å². The third-order valence-corrected chi connectivity index (χ3v) is 4.57. The number of benzene rings is 1. The monoisotopic (exact) mass is 301 g/mol. The van der Waals surface area contributed by atoms with Gasteiger partial charge in [-0.15, -0.1) is 11.3 Å². The minimum absolute atomic E-state index is 0.000290. The van der Waals surface area contributed by atoms with Gasteiger partial charge in [0, 0.05) is 23.9 Å². The summed E-state index contributed by atoms with van der Waals surface area (Å²) in [6.07, 6.45) is 2.81. The fourth-order valence-electron chi connectivity index (χ4n) is 2.48. The first kappa shape index (κ1) is 14.2. The third-order valence-electron chi connectivity index (χ3n) is 3.63. The molecule has 0 bridgehead atoms. The number of amides is 1. The molecule has 2 aromatic rings. The van der Waals surface area contributed by atoms with Crippen molar-refractivity contribution in [2.24, 2.45) is 0 Å². The SMILES string of the molecule is O=C(NCCc1csc(-c2ccccc2)n1)C1CCCN1. The molecule has 1 aromatic heterocycles. The van der Waals surface area contributed by atoms with Crippen LogP contribution in [0.2, 0.25) is 0 Å². The lowest BCUT2D eigenvalue weighted by Gasteiger charge is -2.10. The summed E-state index contributed by atoms with van der Waals surface area (Å²) in [6.45, 7) is 1.60. The van der Waals surface area contributed by atoms with Crippen molar-refractivity contribution in [2.45, 2.75) is 25.3 Å². The standard InChI is InChI=1S/C16H19N3OS/c20-15(14-7-4-9-17-14)18-10-8-13-11-21-16(19-13)12-5-2-1-3-6-12/h1-3,5-6,11,14,17H,4,7-10H2,(H,18,20). The van der Waals surface area contributed by atoms with Gasteiger partial charge >= 0.3 is 0 Å². The van der Waals surface area contributed by atoms with Gasteiger partial charge in [0.25, 0.3) is 0 Å². The highest BCUT2D eigenvalue weighted by atomic mass is 32.1. The predicted molar refractivity (Wildman–Crippen MR) is 85.3 cm³/mol. The largest absolute Gasteiger partial charge is 0.354 e. The van der Waals surface area contributed by atoms with Crippen molar-refractivity contribution in [3.8, 4) is 10.6 Å². The van der Waals surface area contributed by atoms with E-state index in [4.69, 9.17) is 0 Å². The zero-order valence-corrected chi connectivity index (χ0v) is 12.7. The van der Waals surface area contributed by atoms with Gasteiger partial charge in [0.2, 0.25) is 5.91 Å². The second-order valence-corrected chi connectivity index (χ2v) is 6.06. The maximum atomic E-state index is 11.9. The molecule has 1 aliphatic heterocycles. The van der Waals surface area contributed by atoms with E-state index in [2.05, 4.69) is 33.1 Å². The zero-order chi connectivity index (χ0) is 14.5. The molecular formula is C16H19N3OS. The Morgan fingerprint density at radius 3 is 3.00 bits per heavy atom. The Labute approximate surface area is 128 Å². The Morgan fingerprint density at radius 2 is 2.24 bits per heavy atom. The molecule has 1 saturated heterocycles. The fraction of sp³-hybridized carbons (Fsp3) is 0.375. The van der Waals surface area contributed by atoms with Crippen LogP contribution < -0.4 is 10.6 Å². The molecule has 0 aliphatic carbocycles. The van der Waals surface area contributed by atoms with Crippen LogP contribution in [0.3, 0.4) is 0 Å². The van der Waals surface area contributed by atoms with E-state index in [1.54, 1.807) is 11.3 Å². The number of nitrogens with one attached hydrogen (secondary N) is 2. The van der Waals surface area contributed by atoms with Gasteiger partial charge in [-0.05, 0) is 19.4 Å². The molecule has 4 nitrogen and oxygen atoms in total. The number of carbonyl (C=O) groups excluding carboxylic acids is 1. The highest BCUT2D eigenvalue weighted by Gasteiger charge is 2.21. The summed E-state index contributed by atoms with van der Waals surface area (Å²) in [6, 6.07) is 10.2. The Bertz CT molecular complexity index is 591. The molecule has 21 heavy (non-hydrogen) atoms. The number of thiazole rings is 1. The minimum atomic E-state index is 0.000290. The molecule has 1 atom stereocenters. The van der Waals surface area contributed by atoms with Gasteiger partial charge in [-0.3, -0.25) is 4.79 Å². The van der Waals surface area contributed by atoms with Gasteiger partial charge in [0.05, 0.1) is 11.7 Å². The summed E-state index contributed by atoms with van der Waals surface area (Å²) in [4.78, 5) is 16.5. The quantitative estimate of drug-likeness (QED) is 0.890. The van der Waals surface area contributed by atoms with Gasteiger partial charge in [-0.25, -0.2) is 4.98 Å². The Balaban J connectivity index is 1.50. The van der Waals surface area contributed by atoms with Crippen LogP contribution in [0.4, 0.5) is 0 Å². The second-order valence-electron chi connectivity index (χ2n) is 5.20. The van der Waals surface area contributed by atoms with E-state index < -0.39 is 0 Å². The summed E-state index contributed by atoms with van der Waals surface area (Å²) in [5.41, 5.74) is 2.19. The lowest BCUT2D eigenvalue weighted by molar-refractivity contribution is -0.122. The molecule has 0 spiro atoms. The van der Waals surface area contributed by atoms with Gasteiger partial charge < -0.3 is 10.6 Å². The Hall–Kier alpha value is -1.72. The first-order valence-electron chi connectivity index (χ1n) is 7.34. The number of hydrogen-bond acceptors (Lipinski definition) is 4. The molecule has 2 heterocycles.